The Balaban J connectivity index is 2.04. The Bertz CT molecular complexity index is 527. The van der Waals surface area contributed by atoms with E-state index in [0.29, 0.717) is 36.2 Å². The molecule has 0 aromatic rings. The first kappa shape index (κ1) is 15.9. The van der Waals surface area contributed by atoms with Crippen LogP contribution in [-0.2, 0) is 11.0 Å². The zero-order valence-electron chi connectivity index (χ0n) is 12.4. The SMILES string of the molecule is CCN=C(NS(=O)C1=CCCC(F)=C1)N1CC(CC)C=N1. The van der Waals surface area contributed by atoms with Gasteiger partial charge in [0.15, 0.2) is 11.0 Å². The van der Waals surface area contributed by atoms with Gasteiger partial charge in [-0.15, -0.1) is 0 Å². The predicted octanol–water partition coefficient (Wildman–Crippen LogP) is 2.47. The second-order valence-electron chi connectivity index (χ2n) is 4.92. The standard InChI is InChI=1S/C14H21FN4OS/c1-3-11-9-17-19(10-11)14(16-4-2)18-21(20)13-7-5-6-12(15)8-13/h7-9,11H,3-6,10H2,1-2H3,(H,16,18). The van der Waals surface area contributed by atoms with Gasteiger partial charge in [-0.25, -0.2) is 13.6 Å². The first-order chi connectivity index (χ1) is 10.1. The number of hydrazone groups is 1. The molecule has 1 N–H and O–H groups in total. The van der Waals surface area contributed by atoms with Crippen molar-refractivity contribution in [1.82, 2.24) is 9.73 Å². The van der Waals surface area contributed by atoms with Gasteiger partial charge in [-0.1, -0.05) is 13.0 Å². The van der Waals surface area contributed by atoms with E-state index in [1.165, 1.54) is 6.08 Å². The van der Waals surface area contributed by atoms with Crippen LogP contribution in [-0.4, -0.2) is 34.5 Å². The Kier molecular flexibility index (Phi) is 5.67. The van der Waals surface area contributed by atoms with Gasteiger partial charge in [-0.05, 0) is 25.8 Å². The van der Waals surface area contributed by atoms with Crippen molar-refractivity contribution >= 4 is 23.2 Å². The van der Waals surface area contributed by atoms with Gasteiger partial charge in [0.05, 0.1) is 11.4 Å². The fraction of sp³-hybridized carbons (Fsp3) is 0.571. The number of aliphatic imine (C=N–C) groups is 1. The number of nitrogens with one attached hydrogen (secondary N) is 1. The van der Waals surface area contributed by atoms with Gasteiger partial charge in [-0.3, -0.25) is 9.71 Å². The highest BCUT2D eigenvalue weighted by molar-refractivity contribution is 7.87. The van der Waals surface area contributed by atoms with Gasteiger partial charge in [-0.2, -0.15) is 5.10 Å². The van der Waals surface area contributed by atoms with Crippen LogP contribution in [0, 0.1) is 5.92 Å². The number of nitrogens with zero attached hydrogens (tertiary/aromatic N) is 3. The lowest BCUT2D eigenvalue weighted by molar-refractivity contribution is 0.431. The maximum atomic E-state index is 13.3. The average Bonchev–Trinajstić information content (AvgIpc) is 2.95. The molecule has 21 heavy (non-hydrogen) atoms. The van der Waals surface area contributed by atoms with Crippen molar-refractivity contribution in [2.24, 2.45) is 16.0 Å². The van der Waals surface area contributed by atoms with Crippen LogP contribution in [0.3, 0.4) is 0 Å². The van der Waals surface area contributed by atoms with E-state index >= 15 is 0 Å². The van der Waals surface area contributed by atoms with Gasteiger partial charge >= 0.3 is 0 Å². The van der Waals surface area contributed by atoms with E-state index in [4.69, 9.17) is 0 Å². The first-order valence-electron chi connectivity index (χ1n) is 7.24. The number of hydrogen-bond acceptors (Lipinski definition) is 3. The summed E-state index contributed by atoms with van der Waals surface area (Å²) in [5.41, 5.74) is 0. The molecular formula is C14H21FN4OS. The number of halogens is 1. The van der Waals surface area contributed by atoms with Crippen LogP contribution in [0.4, 0.5) is 4.39 Å². The molecule has 5 nitrogen and oxygen atoms in total. The first-order valence-corrected chi connectivity index (χ1v) is 8.39. The molecular weight excluding hydrogens is 291 g/mol. The Hall–Kier alpha value is -1.50. The summed E-state index contributed by atoms with van der Waals surface area (Å²) in [6.45, 7) is 5.29. The summed E-state index contributed by atoms with van der Waals surface area (Å²) < 4.78 is 28.4. The van der Waals surface area contributed by atoms with E-state index in [0.717, 1.165) is 13.0 Å². The molecule has 116 valence electrons. The monoisotopic (exact) mass is 312 g/mol. The van der Waals surface area contributed by atoms with Crippen LogP contribution in [0.2, 0.25) is 0 Å². The van der Waals surface area contributed by atoms with Gasteiger partial charge in [0.25, 0.3) is 0 Å². The number of rotatable bonds is 4. The highest BCUT2D eigenvalue weighted by atomic mass is 32.2. The normalized spacial score (nSPS) is 23.9. The molecule has 1 aliphatic heterocycles. The number of guanidine groups is 1. The zero-order chi connectivity index (χ0) is 15.2. The Morgan fingerprint density at radius 1 is 1.62 bits per heavy atom. The summed E-state index contributed by atoms with van der Waals surface area (Å²) in [6.07, 6.45) is 6.96. The Morgan fingerprint density at radius 2 is 2.43 bits per heavy atom. The third-order valence-corrected chi connectivity index (χ3v) is 4.41. The molecule has 0 radical (unpaired) electrons. The molecule has 2 unspecified atom stereocenters. The third kappa shape index (κ3) is 4.23. The average molecular weight is 312 g/mol. The van der Waals surface area contributed by atoms with Gasteiger partial charge in [0.1, 0.15) is 5.83 Å². The van der Waals surface area contributed by atoms with E-state index in [1.807, 2.05) is 13.1 Å². The summed E-state index contributed by atoms with van der Waals surface area (Å²) in [4.78, 5) is 4.77. The Morgan fingerprint density at radius 3 is 3.05 bits per heavy atom. The van der Waals surface area contributed by atoms with E-state index < -0.39 is 11.0 Å². The highest BCUT2D eigenvalue weighted by Crippen LogP contribution is 2.20. The molecule has 0 spiro atoms. The minimum Gasteiger partial charge on any atom is -0.270 e. The largest absolute Gasteiger partial charge is 0.270 e. The molecule has 0 bridgehead atoms. The second-order valence-corrected chi connectivity index (χ2v) is 6.13. The van der Waals surface area contributed by atoms with Crippen LogP contribution < -0.4 is 4.72 Å². The highest BCUT2D eigenvalue weighted by Gasteiger charge is 2.22. The molecule has 0 saturated heterocycles. The van der Waals surface area contributed by atoms with Crippen LogP contribution in [0.25, 0.3) is 0 Å². The fourth-order valence-corrected chi connectivity index (χ4v) is 3.05. The summed E-state index contributed by atoms with van der Waals surface area (Å²) in [7, 11) is -1.52. The quantitative estimate of drug-likeness (QED) is 0.640. The molecule has 0 aromatic carbocycles. The van der Waals surface area contributed by atoms with Crippen molar-refractivity contribution in [2.45, 2.75) is 33.1 Å². The zero-order valence-corrected chi connectivity index (χ0v) is 13.2. The van der Waals surface area contributed by atoms with E-state index in [2.05, 4.69) is 21.7 Å². The smallest absolute Gasteiger partial charge is 0.227 e. The molecule has 0 aromatic heterocycles. The van der Waals surface area contributed by atoms with Gasteiger partial charge < -0.3 is 0 Å². The molecule has 2 rings (SSSR count). The third-order valence-electron chi connectivity index (χ3n) is 3.33. The summed E-state index contributed by atoms with van der Waals surface area (Å²) in [5, 5.41) is 6.01. The van der Waals surface area contributed by atoms with Gasteiger partial charge in [0, 0.05) is 25.1 Å². The number of allylic oxidation sites excluding steroid dienone is 3. The van der Waals surface area contributed by atoms with E-state index in [-0.39, 0.29) is 5.83 Å². The predicted molar refractivity (Wildman–Crippen MR) is 84.7 cm³/mol. The van der Waals surface area contributed by atoms with E-state index in [9.17, 15) is 8.60 Å². The molecule has 1 heterocycles. The fourth-order valence-electron chi connectivity index (χ4n) is 2.09. The molecule has 7 heteroatoms. The molecule has 1 aliphatic carbocycles. The molecule has 0 saturated carbocycles. The molecule has 2 aliphatic rings. The maximum Gasteiger partial charge on any atom is 0.227 e. The van der Waals surface area contributed by atoms with Crippen LogP contribution >= 0.6 is 0 Å². The summed E-state index contributed by atoms with van der Waals surface area (Å²) in [6, 6.07) is 0. The van der Waals surface area contributed by atoms with Crippen molar-refractivity contribution in [3.05, 3.63) is 22.9 Å². The van der Waals surface area contributed by atoms with Crippen molar-refractivity contribution in [3.8, 4) is 0 Å². The number of hydrogen-bond donors (Lipinski definition) is 1. The van der Waals surface area contributed by atoms with Crippen molar-refractivity contribution in [1.29, 1.82) is 0 Å². The minimum atomic E-state index is -1.52. The lowest BCUT2D eigenvalue weighted by Crippen LogP contribution is -2.39. The Labute approximate surface area is 127 Å². The molecule has 0 fully saturated rings. The summed E-state index contributed by atoms with van der Waals surface area (Å²) >= 11 is 0. The van der Waals surface area contributed by atoms with Crippen LogP contribution in [0.1, 0.15) is 33.1 Å². The van der Waals surface area contributed by atoms with Crippen LogP contribution in [0.5, 0.6) is 0 Å². The molecule has 2 atom stereocenters. The lowest BCUT2D eigenvalue weighted by Gasteiger charge is -2.19. The second kappa shape index (κ2) is 7.49. The van der Waals surface area contributed by atoms with Crippen LogP contribution in [0.15, 0.2) is 33.0 Å². The maximum absolute atomic E-state index is 13.3. The van der Waals surface area contributed by atoms with Crippen molar-refractivity contribution in [3.63, 3.8) is 0 Å². The minimum absolute atomic E-state index is 0.234. The topological polar surface area (TPSA) is 57.1 Å². The summed E-state index contributed by atoms with van der Waals surface area (Å²) in [5.74, 6) is 0.624. The van der Waals surface area contributed by atoms with Gasteiger partial charge in [0.2, 0.25) is 5.96 Å². The van der Waals surface area contributed by atoms with E-state index in [1.54, 1.807) is 11.1 Å². The molecule has 0 amide bonds. The van der Waals surface area contributed by atoms with Crippen molar-refractivity contribution < 1.29 is 8.60 Å². The lowest BCUT2D eigenvalue weighted by atomic mass is 10.1. The van der Waals surface area contributed by atoms with Crippen molar-refractivity contribution in [2.75, 3.05) is 13.1 Å².